The van der Waals surface area contributed by atoms with Crippen LogP contribution in [0.1, 0.15) is 0 Å². The Morgan fingerprint density at radius 2 is 2.11 bits per heavy atom. The first kappa shape index (κ1) is 17.2. The first-order chi connectivity index (χ1) is 13.1. The predicted molar refractivity (Wildman–Crippen MR) is 95.1 cm³/mol. The van der Waals surface area contributed by atoms with Crippen LogP contribution in [-0.2, 0) is 4.74 Å². The number of halogens is 1. The minimum absolute atomic E-state index is 0.169. The lowest BCUT2D eigenvalue weighted by molar-refractivity contribution is 0.0963. The third-order valence-electron chi connectivity index (χ3n) is 4.53. The molecule has 2 aliphatic heterocycles. The molecule has 2 fully saturated rings. The summed E-state index contributed by atoms with van der Waals surface area (Å²) in [6, 6.07) is 7.57. The summed E-state index contributed by atoms with van der Waals surface area (Å²) >= 11 is 0. The lowest BCUT2D eigenvalue weighted by Crippen LogP contribution is -2.28. The number of carbonyl (C=O) groups excluding carboxylic acids is 2. The number of pyridine rings is 1. The molecular weight excluding hydrogens is 355 g/mol. The van der Waals surface area contributed by atoms with E-state index < -0.39 is 18.0 Å². The second-order valence-corrected chi connectivity index (χ2v) is 6.25. The summed E-state index contributed by atoms with van der Waals surface area (Å²) in [6.45, 7) is 0.988. The number of cyclic esters (lactones) is 1. The van der Waals surface area contributed by atoms with E-state index in [0.717, 1.165) is 0 Å². The van der Waals surface area contributed by atoms with E-state index in [-0.39, 0.29) is 19.2 Å². The maximum absolute atomic E-state index is 14.6. The number of aromatic nitrogens is 1. The highest BCUT2D eigenvalue weighted by molar-refractivity contribution is 5.93. The molecule has 0 spiro atoms. The van der Waals surface area contributed by atoms with Gasteiger partial charge in [-0.1, -0.05) is 0 Å². The summed E-state index contributed by atoms with van der Waals surface area (Å²) in [5, 5.41) is 11.8. The number of benzene rings is 1. The van der Waals surface area contributed by atoms with E-state index in [2.05, 4.69) is 10.3 Å². The fraction of sp³-hybridized carbons (Fsp3) is 0.278. The average molecular weight is 372 g/mol. The van der Waals surface area contributed by atoms with E-state index in [1.54, 1.807) is 24.3 Å². The molecule has 27 heavy (non-hydrogen) atoms. The molecular formula is C18H17FN4O4. The number of amides is 3. The highest BCUT2D eigenvalue weighted by Crippen LogP contribution is 2.29. The number of anilines is 2. The molecule has 0 bridgehead atoms. The Kier molecular flexibility index (Phi) is 4.36. The van der Waals surface area contributed by atoms with Gasteiger partial charge in [-0.3, -0.25) is 9.80 Å². The van der Waals surface area contributed by atoms with Gasteiger partial charge in [-0.2, -0.15) is 0 Å². The SMILES string of the molecule is O=C1O[C@@H](CO)CN1c1ccc(-c2ccc(N3CCNC3=O)nc2)c(F)c1. The summed E-state index contributed by atoms with van der Waals surface area (Å²) in [7, 11) is 0. The number of rotatable bonds is 4. The standard InChI is InChI=1S/C18H17FN4O4/c19-15-7-12(23-9-13(10-24)27-18(23)26)2-3-14(15)11-1-4-16(21-8-11)22-6-5-20-17(22)25/h1-4,7-8,13,24H,5-6,9-10H2,(H,20,25)/t13-/m1/s1. The molecule has 3 amide bonds. The number of nitrogens with zero attached hydrogens (tertiary/aromatic N) is 3. The fourth-order valence-corrected chi connectivity index (χ4v) is 3.13. The molecule has 2 aliphatic rings. The number of aliphatic hydroxyl groups is 1. The quantitative estimate of drug-likeness (QED) is 0.852. The van der Waals surface area contributed by atoms with Crippen LogP contribution in [-0.4, -0.2) is 54.6 Å². The summed E-state index contributed by atoms with van der Waals surface area (Å²) in [4.78, 5) is 30.5. The van der Waals surface area contributed by atoms with Gasteiger partial charge >= 0.3 is 12.1 Å². The largest absolute Gasteiger partial charge is 0.441 e. The Balaban J connectivity index is 1.56. The zero-order chi connectivity index (χ0) is 19.0. The molecule has 9 heteroatoms. The highest BCUT2D eigenvalue weighted by Gasteiger charge is 2.32. The normalized spacial score (nSPS) is 19.4. The fourth-order valence-electron chi connectivity index (χ4n) is 3.13. The second-order valence-electron chi connectivity index (χ2n) is 6.25. The van der Waals surface area contributed by atoms with Gasteiger partial charge in [-0.15, -0.1) is 0 Å². The smallest absolute Gasteiger partial charge is 0.414 e. The van der Waals surface area contributed by atoms with Gasteiger partial charge in [0.15, 0.2) is 0 Å². The first-order valence-electron chi connectivity index (χ1n) is 8.47. The molecule has 4 rings (SSSR count). The maximum atomic E-state index is 14.6. The van der Waals surface area contributed by atoms with Crippen LogP contribution in [0.15, 0.2) is 36.5 Å². The van der Waals surface area contributed by atoms with Crippen molar-refractivity contribution in [3.63, 3.8) is 0 Å². The van der Waals surface area contributed by atoms with E-state index in [4.69, 9.17) is 9.84 Å². The van der Waals surface area contributed by atoms with Crippen LogP contribution in [0.4, 0.5) is 25.5 Å². The number of carbonyl (C=O) groups is 2. The number of urea groups is 1. The summed E-state index contributed by atoms with van der Waals surface area (Å²) < 4.78 is 19.6. The van der Waals surface area contributed by atoms with Gasteiger partial charge in [0.05, 0.1) is 18.8 Å². The van der Waals surface area contributed by atoms with Gasteiger partial charge in [0, 0.05) is 30.4 Å². The van der Waals surface area contributed by atoms with Gasteiger partial charge in [0.25, 0.3) is 0 Å². The monoisotopic (exact) mass is 372 g/mol. The number of hydrogen-bond acceptors (Lipinski definition) is 5. The number of aliphatic hydroxyl groups excluding tert-OH is 1. The molecule has 2 aromatic rings. The van der Waals surface area contributed by atoms with Crippen molar-refractivity contribution in [3.05, 3.63) is 42.3 Å². The molecule has 1 aromatic carbocycles. The molecule has 0 radical (unpaired) electrons. The van der Waals surface area contributed by atoms with Gasteiger partial charge < -0.3 is 15.2 Å². The van der Waals surface area contributed by atoms with Crippen molar-refractivity contribution in [1.82, 2.24) is 10.3 Å². The zero-order valence-electron chi connectivity index (χ0n) is 14.3. The van der Waals surface area contributed by atoms with Gasteiger partial charge in [0.2, 0.25) is 0 Å². The Hall–Kier alpha value is -3.20. The molecule has 2 N–H and O–H groups in total. The van der Waals surface area contributed by atoms with Crippen LogP contribution in [0.25, 0.3) is 11.1 Å². The van der Waals surface area contributed by atoms with E-state index in [1.807, 2.05) is 0 Å². The van der Waals surface area contributed by atoms with Crippen LogP contribution >= 0.6 is 0 Å². The topological polar surface area (TPSA) is 95.0 Å². The molecule has 0 saturated carbocycles. The number of ether oxygens (including phenoxy) is 1. The van der Waals surface area contributed by atoms with E-state index in [1.165, 1.54) is 22.1 Å². The number of nitrogens with one attached hydrogen (secondary N) is 1. The Labute approximate surface area is 154 Å². The highest BCUT2D eigenvalue weighted by atomic mass is 19.1. The van der Waals surface area contributed by atoms with Crippen molar-refractivity contribution >= 4 is 23.6 Å². The molecule has 140 valence electrons. The molecule has 0 aliphatic carbocycles. The summed E-state index contributed by atoms with van der Waals surface area (Å²) in [5.74, 6) is -0.0122. The van der Waals surface area contributed by atoms with Crippen molar-refractivity contribution in [2.75, 3.05) is 36.0 Å². The van der Waals surface area contributed by atoms with Gasteiger partial charge in [-0.05, 0) is 30.3 Å². The van der Waals surface area contributed by atoms with Crippen LogP contribution < -0.4 is 15.1 Å². The molecule has 3 heterocycles. The lowest BCUT2D eigenvalue weighted by atomic mass is 10.1. The van der Waals surface area contributed by atoms with Crippen molar-refractivity contribution in [2.45, 2.75) is 6.10 Å². The van der Waals surface area contributed by atoms with E-state index in [9.17, 15) is 14.0 Å². The predicted octanol–water partition coefficient (Wildman–Crippen LogP) is 1.73. The van der Waals surface area contributed by atoms with E-state index in [0.29, 0.717) is 35.7 Å². The van der Waals surface area contributed by atoms with Crippen molar-refractivity contribution in [1.29, 1.82) is 0 Å². The van der Waals surface area contributed by atoms with Crippen LogP contribution in [0, 0.1) is 5.82 Å². The van der Waals surface area contributed by atoms with Gasteiger partial charge in [-0.25, -0.2) is 19.0 Å². The molecule has 2 saturated heterocycles. The Morgan fingerprint density at radius 3 is 2.70 bits per heavy atom. The number of hydrogen-bond donors (Lipinski definition) is 2. The van der Waals surface area contributed by atoms with Crippen molar-refractivity contribution in [2.24, 2.45) is 0 Å². The zero-order valence-corrected chi connectivity index (χ0v) is 14.3. The first-order valence-corrected chi connectivity index (χ1v) is 8.47. The summed E-state index contributed by atoms with van der Waals surface area (Å²) in [6.07, 6.45) is 0.279. The minimum atomic E-state index is -0.615. The molecule has 0 unspecified atom stereocenters. The third kappa shape index (κ3) is 3.17. The van der Waals surface area contributed by atoms with Crippen molar-refractivity contribution in [3.8, 4) is 11.1 Å². The summed E-state index contributed by atoms with van der Waals surface area (Å²) in [5.41, 5.74) is 1.24. The molecule has 1 aromatic heterocycles. The van der Waals surface area contributed by atoms with E-state index >= 15 is 0 Å². The third-order valence-corrected chi connectivity index (χ3v) is 4.53. The maximum Gasteiger partial charge on any atom is 0.414 e. The average Bonchev–Trinajstić information content (AvgIpc) is 3.27. The molecule has 8 nitrogen and oxygen atoms in total. The minimum Gasteiger partial charge on any atom is -0.441 e. The van der Waals surface area contributed by atoms with Crippen LogP contribution in [0.3, 0.4) is 0 Å². The Bertz CT molecular complexity index is 889. The van der Waals surface area contributed by atoms with Crippen LogP contribution in [0.5, 0.6) is 0 Å². The molecule has 1 atom stereocenters. The van der Waals surface area contributed by atoms with Crippen molar-refractivity contribution < 1.29 is 23.8 Å². The van der Waals surface area contributed by atoms with Gasteiger partial charge in [0.1, 0.15) is 17.7 Å². The Morgan fingerprint density at radius 1 is 1.26 bits per heavy atom. The second kappa shape index (κ2) is 6.84. The van der Waals surface area contributed by atoms with Crippen LogP contribution in [0.2, 0.25) is 0 Å². The lowest BCUT2D eigenvalue weighted by Gasteiger charge is -2.15.